The van der Waals surface area contributed by atoms with Crippen LogP contribution in [0.15, 0.2) is 163 Å². The molecule has 0 bridgehead atoms. The van der Waals surface area contributed by atoms with Gasteiger partial charge >= 0.3 is 12.0 Å². The van der Waals surface area contributed by atoms with Crippen molar-refractivity contribution >= 4 is 12.0 Å². The Morgan fingerprint density at radius 2 is 0.982 bits per heavy atom. The molecule has 10 nitrogen and oxygen atoms in total. The van der Waals surface area contributed by atoms with Crippen molar-refractivity contribution in [2.45, 2.75) is 76.5 Å². The summed E-state index contributed by atoms with van der Waals surface area (Å²) in [6.45, 7) is 2.90. The largest absolute Gasteiger partial charge is 0.457 e. The van der Waals surface area contributed by atoms with E-state index in [4.69, 9.17) is 28.4 Å². The first kappa shape index (κ1) is 39.6. The smallest absolute Gasteiger partial charge is 0.338 e. The number of hydrogen-bond acceptors (Lipinski definition) is 8. The van der Waals surface area contributed by atoms with Gasteiger partial charge in [0.15, 0.2) is 0 Å². The van der Waals surface area contributed by atoms with Gasteiger partial charge in [0, 0.05) is 5.70 Å². The molecule has 0 aromatic heterocycles. The van der Waals surface area contributed by atoms with Crippen molar-refractivity contribution in [2.24, 2.45) is 0 Å². The van der Waals surface area contributed by atoms with Gasteiger partial charge in [0.25, 0.3) is 0 Å². The molecule has 1 saturated heterocycles. The van der Waals surface area contributed by atoms with Crippen LogP contribution in [0.25, 0.3) is 0 Å². The maximum Gasteiger partial charge on any atom is 0.338 e. The number of amides is 2. The molecule has 0 radical (unpaired) electrons. The second-order valence-corrected chi connectivity index (χ2v) is 14.1. The van der Waals surface area contributed by atoms with Crippen LogP contribution < -0.4 is 10.6 Å². The molecule has 2 amide bonds. The Balaban J connectivity index is 1.26. The van der Waals surface area contributed by atoms with Gasteiger partial charge in [-0.05, 0) is 34.7 Å². The quantitative estimate of drug-likeness (QED) is 0.0941. The number of esters is 1. The van der Waals surface area contributed by atoms with Crippen molar-refractivity contribution in [1.82, 2.24) is 10.6 Å². The molecule has 10 heteroatoms. The highest BCUT2D eigenvalue weighted by Gasteiger charge is 2.53. The molecule has 0 spiro atoms. The molecule has 294 valence electrons. The van der Waals surface area contributed by atoms with E-state index in [1.165, 1.54) is 0 Å². The average Bonchev–Trinajstić information content (AvgIpc) is 3.25. The van der Waals surface area contributed by atoms with Crippen molar-refractivity contribution in [3.05, 3.63) is 191 Å². The van der Waals surface area contributed by atoms with Gasteiger partial charge in [0.05, 0.1) is 44.6 Å². The van der Waals surface area contributed by atoms with Crippen molar-refractivity contribution in [3.63, 3.8) is 0 Å². The van der Waals surface area contributed by atoms with Gasteiger partial charge in [-0.2, -0.15) is 0 Å². The minimum atomic E-state index is -0.989. The van der Waals surface area contributed by atoms with E-state index in [0.717, 1.165) is 27.8 Å². The molecule has 2 heterocycles. The van der Waals surface area contributed by atoms with E-state index < -0.39 is 48.6 Å². The maximum absolute atomic E-state index is 14.1. The topological polar surface area (TPSA) is 114 Å². The van der Waals surface area contributed by atoms with Gasteiger partial charge < -0.3 is 39.1 Å². The average molecular weight is 769 g/mol. The number of rotatable bonds is 17. The number of nitrogens with one attached hydrogen (secondary N) is 2. The fraction of sp³-hybridized carbons (Fsp3) is 0.277. The van der Waals surface area contributed by atoms with Crippen LogP contribution in [-0.2, 0) is 66.3 Å². The lowest BCUT2D eigenvalue weighted by Gasteiger charge is -2.49. The normalized spacial score (nSPS) is 22.0. The van der Waals surface area contributed by atoms with E-state index in [2.05, 4.69) is 10.6 Å². The van der Waals surface area contributed by atoms with E-state index in [-0.39, 0.29) is 38.6 Å². The van der Waals surface area contributed by atoms with Crippen molar-refractivity contribution in [2.75, 3.05) is 6.61 Å². The van der Waals surface area contributed by atoms with Gasteiger partial charge in [-0.3, -0.25) is 0 Å². The molecule has 5 aromatic rings. The van der Waals surface area contributed by atoms with Crippen LogP contribution in [-0.4, -0.2) is 55.2 Å². The van der Waals surface area contributed by atoms with E-state index in [0.29, 0.717) is 12.3 Å². The number of allylic oxidation sites excluding steroid dienone is 1. The van der Waals surface area contributed by atoms with Crippen LogP contribution >= 0.6 is 0 Å². The van der Waals surface area contributed by atoms with Gasteiger partial charge in [0.2, 0.25) is 0 Å². The van der Waals surface area contributed by atoms with Crippen LogP contribution in [0.3, 0.4) is 0 Å². The Bertz CT molecular complexity index is 2030. The third-order valence-corrected chi connectivity index (χ3v) is 9.98. The van der Waals surface area contributed by atoms with Crippen molar-refractivity contribution in [3.8, 4) is 0 Å². The molecule has 6 atom stereocenters. The highest BCUT2D eigenvalue weighted by Crippen LogP contribution is 2.35. The molecule has 5 aromatic carbocycles. The summed E-state index contributed by atoms with van der Waals surface area (Å²) in [5, 5.41) is 5.76. The first-order chi connectivity index (χ1) is 28.0. The van der Waals surface area contributed by atoms with E-state index in [9.17, 15) is 9.59 Å². The molecule has 0 aliphatic carbocycles. The molecule has 2 aliphatic rings. The summed E-state index contributed by atoms with van der Waals surface area (Å²) >= 11 is 0. The Morgan fingerprint density at radius 3 is 1.47 bits per heavy atom. The van der Waals surface area contributed by atoms with E-state index in [1.54, 1.807) is 6.92 Å². The summed E-state index contributed by atoms with van der Waals surface area (Å²) in [6, 6.07) is 47.4. The number of carbonyl (C=O) groups is 2. The Kier molecular flexibility index (Phi) is 13.9. The van der Waals surface area contributed by atoms with Crippen molar-refractivity contribution < 1.29 is 38.0 Å². The predicted molar refractivity (Wildman–Crippen MR) is 214 cm³/mol. The predicted octanol–water partition coefficient (Wildman–Crippen LogP) is 7.43. The molecule has 2 N–H and O–H groups in total. The molecule has 7 rings (SSSR count). The number of ether oxygens (including phenoxy) is 6. The van der Waals surface area contributed by atoms with Gasteiger partial charge in [-0.15, -0.1) is 0 Å². The maximum atomic E-state index is 14.1. The summed E-state index contributed by atoms with van der Waals surface area (Å²) in [5.41, 5.74) is 5.26. The second-order valence-electron chi connectivity index (χ2n) is 14.1. The lowest BCUT2D eigenvalue weighted by Crippen LogP contribution is -2.68. The Morgan fingerprint density at radius 1 is 0.561 bits per heavy atom. The van der Waals surface area contributed by atoms with Crippen molar-refractivity contribution in [1.29, 1.82) is 0 Å². The summed E-state index contributed by atoms with van der Waals surface area (Å²) in [7, 11) is 0. The van der Waals surface area contributed by atoms with Crippen LogP contribution in [0.5, 0.6) is 0 Å². The monoisotopic (exact) mass is 768 g/mol. The lowest BCUT2D eigenvalue weighted by atomic mass is 9.86. The van der Waals surface area contributed by atoms with E-state index >= 15 is 0 Å². The molecule has 0 unspecified atom stereocenters. The number of hydrogen-bond donors (Lipinski definition) is 2. The Labute approximate surface area is 333 Å². The minimum absolute atomic E-state index is 0.0464. The van der Waals surface area contributed by atoms with Gasteiger partial charge in [0.1, 0.15) is 37.1 Å². The third-order valence-electron chi connectivity index (χ3n) is 9.98. The number of benzene rings is 5. The van der Waals surface area contributed by atoms with Crippen LogP contribution in [0, 0.1) is 0 Å². The third kappa shape index (κ3) is 10.8. The SMILES string of the molecule is CC1=C(C(=O)OCc2ccccc2)[C@H]([C@@H]2O[C@H](COCc3ccccc3)[C@H](OCc3ccccc3)[C@H](OCc3ccccc3)[C@H]2OCc2ccccc2)NC(=O)N1. The molecule has 0 saturated carbocycles. The second kappa shape index (κ2) is 20.0. The summed E-state index contributed by atoms with van der Waals surface area (Å²) in [6.07, 6.45) is -3.97. The zero-order chi connectivity index (χ0) is 39.2. The highest BCUT2D eigenvalue weighted by atomic mass is 16.6. The molecular formula is C47H48N2O8. The summed E-state index contributed by atoms with van der Waals surface area (Å²) in [5.74, 6) is -0.597. The summed E-state index contributed by atoms with van der Waals surface area (Å²) < 4.78 is 39.8. The fourth-order valence-corrected chi connectivity index (χ4v) is 7.14. The van der Waals surface area contributed by atoms with Crippen LogP contribution in [0.4, 0.5) is 4.79 Å². The first-order valence-corrected chi connectivity index (χ1v) is 19.2. The molecule has 1 fully saturated rings. The molecule has 2 aliphatic heterocycles. The number of urea groups is 1. The Hall–Kier alpha value is -5.62. The van der Waals surface area contributed by atoms with Gasteiger partial charge in [-0.25, -0.2) is 9.59 Å². The first-order valence-electron chi connectivity index (χ1n) is 19.2. The fourth-order valence-electron chi connectivity index (χ4n) is 7.14. The standard InChI is InChI=1S/C47H48N2O8/c1-33-40(46(50)56-31-38-25-15-6-16-26-38)41(49-47(51)48-33)43-45(55-30-37-23-13-5-14-24-37)44(54-29-36-21-11-4-12-22-36)42(53-28-35-19-9-3-10-20-35)39(57-43)32-52-27-34-17-7-2-8-18-34/h2-26,39,41-45H,27-32H2,1H3,(H2,48,49,51)/t39-,41-,42+,43+,44+,45+/m1/s1. The molecule has 57 heavy (non-hydrogen) atoms. The van der Waals surface area contributed by atoms with Crippen LogP contribution in [0.2, 0.25) is 0 Å². The zero-order valence-electron chi connectivity index (χ0n) is 31.9. The highest BCUT2D eigenvalue weighted by molar-refractivity contribution is 5.94. The minimum Gasteiger partial charge on any atom is -0.457 e. The molecular weight excluding hydrogens is 721 g/mol. The number of carbonyl (C=O) groups excluding carboxylic acids is 2. The lowest BCUT2D eigenvalue weighted by molar-refractivity contribution is -0.275. The van der Waals surface area contributed by atoms with Gasteiger partial charge in [-0.1, -0.05) is 152 Å². The zero-order valence-corrected chi connectivity index (χ0v) is 31.9. The van der Waals surface area contributed by atoms with E-state index in [1.807, 2.05) is 152 Å². The van der Waals surface area contributed by atoms with Crippen LogP contribution in [0.1, 0.15) is 34.7 Å². The summed E-state index contributed by atoms with van der Waals surface area (Å²) in [4.78, 5) is 27.4.